The van der Waals surface area contributed by atoms with Crippen molar-refractivity contribution >= 4 is 49.6 Å². The Morgan fingerprint density at radius 3 is 2.61 bits per heavy atom. The molecule has 1 aliphatic heterocycles. The quantitative estimate of drug-likeness (QED) is 0.128. The second kappa shape index (κ2) is 11.8. The highest BCUT2D eigenvalue weighted by Crippen LogP contribution is 2.55. The second-order valence-corrected chi connectivity index (χ2v) is 13.3. The maximum atomic E-state index is 12.1. The Hall–Kier alpha value is -1.67. The summed E-state index contributed by atoms with van der Waals surface area (Å²) in [4.78, 5) is 52.0. The molecule has 202 valence electrons. The molecule has 2 unspecified atom stereocenters. The normalized spacial score (nSPS) is 24.1. The summed E-state index contributed by atoms with van der Waals surface area (Å²) in [5.74, 6) is -1.25. The number of hydrogen-bond donors (Lipinski definition) is 6. The van der Waals surface area contributed by atoms with E-state index in [0.717, 1.165) is 12.8 Å². The molecule has 18 heteroatoms. The van der Waals surface area contributed by atoms with Gasteiger partial charge < -0.3 is 34.4 Å². The molecule has 0 aliphatic carbocycles. The number of ether oxygens (including phenoxy) is 2. The first-order valence-corrected chi connectivity index (χ1v) is 15.2. The minimum Gasteiger partial charge on any atom is -0.449 e. The Labute approximate surface area is 210 Å². The molecule has 6 N–H and O–H groups in total. The highest BCUT2D eigenvalue weighted by molar-refractivity contribution is 7.72. The Morgan fingerprint density at radius 1 is 1.22 bits per heavy atom. The van der Waals surface area contributed by atoms with E-state index in [4.69, 9.17) is 30.9 Å². The standard InChI is InChI=1S/C18H28ClN5O10P2/c1-2-3-4-6-33-18(27)22-14-11-15(23-17(19)21-14)24(8-20-11)16-13(26)12(25)10(34-16)5-7-35(28,29)9-36(30,31)32/h8,10,12-13,16,25-26H,2-7,9H2,1H3,(H,28,29)(H2,30,31,32)(H,21,22,23,27)/t10-,12?,13+,16-/m1/s1. The number of hydrogen-bond acceptors (Lipinski definition) is 10. The van der Waals surface area contributed by atoms with Crippen LogP contribution in [0.4, 0.5) is 10.6 Å². The number of nitrogens with zero attached hydrogens (tertiary/aromatic N) is 4. The molecule has 0 saturated carbocycles. The number of carbonyl (C=O) groups excluding carboxylic acids is 1. The number of imidazole rings is 1. The van der Waals surface area contributed by atoms with Crippen molar-refractivity contribution in [2.75, 3.05) is 24.0 Å². The number of aliphatic hydroxyl groups is 2. The van der Waals surface area contributed by atoms with Crippen LogP contribution in [-0.2, 0) is 18.6 Å². The summed E-state index contributed by atoms with van der Waals surface area (Å²) < 4.78 is 35.2. The molecule has 2 aromatic heterocycles. The van der Waals surface area contributed by atoms with Crippen molar-refractivity contribution in [1.29, 1.82) is 0 Å². The van der Waals surface area contributed by atoms with E-state index in [9.17, 15) is 29.0 Å². The average molecular weight is 572 g/mol. The van der Waals surface area contributed by atoms with Crippen molar-refractivity contribution in [3.63, 3.8) is 0 Å². The number of nitrogens with one attached hydrogen (secondary N) is 1. The Bertz CT molecular complexity index is 1180. The van der Waals surface area contributed by atoms with E-state index in [-0.39, 0.29) is 35.3 Å². The molecular formula is C18H28ClN5O10P2. The Balaban J connectivity index is 1.75. The molecule has 0 radical (unpaired) electrons. The predicted octanol–water partition coefficient (Wildman–Crippen LogP) is 1.63. The molecule has 1 amide bonds. The van der Waals surface area contributed by atoms with Gasteiger partial charge in [-0.25, -0.2) is 9.78 Å². The van der Waals surface area contributed by atoms with Crippen molar-refractivity contribution in [1.82, 2.24) is 19.5 Å². The monoisotopic (exact) mass is 571 g/mol. The van der Waals surface area contributed by atoms with Gasteiger partial charge >= 0.3 is 13.7 Å². The molecule has 2 aromatic rings. The van der Waals surface area contributed by atoms with Gasteiger partial charge in [-0.1, -0.05) is 19.8 Å². The van der Waals surface area contributed by atoms with E-state index in [1.54, 1.807) is 0 Å². The van der Waals surface area contributed by atoms with Gasteiger partial charge in [0, 0.05) is 6.16 Å². The van der Waals surface area contributed by atoms with Crippen LogP contribution in [0.15, 0.2) is 6.33 Å². The summed E-state index contributed by atoms with van der Waals surface area (Å²) in [5, 5.41) is 23.2. The smallest absolute Gasteiger partial charge is 0.412 e. The number of rotatable bonds is 11. The third-order valence-corrected chi connectivity index (χ3v) is 9.74. The van der Waals surface area contributed by atoms with Crippen molar-refractivity contribution in [3.8, 4) is 0 Å². The number of fused-ring (bicyclic) bond motifs is 1. The number of amides is 1. The van der Waals surface area contributed by atoms with Crippen molar-refractivity contribution < 1.29 is 48.3 Å². The third kappa shape index (κ3) is 7.44. The molecule has 1 fully saturated rings. The van der Waals surface area contributed by atoms with E-state index in [1.165, 1.54) is 10.9 Å². The minimum atomic E-state index is -4.73. The first-order chi connectivity index (χ1) is 16.8. The van der Waals surface area contributed by atoms with Crippen LogP contribution in [-0.4, -0.2) is 87.5 Å². The molecule has 5 atom stereocenters. The average Bonchev–Trinajstić information content (AvgIpc) is 3.29. The van der Waals surface area contributed by atoms with Gasteiger partial charge in [-0.2, -0.15) is 9.97 Å². The highest BCUT2D eigenvalue weighted by Gasteiger charge is 2.45. The largest absolute Gasteiger partial charge is 0.449 e. The van der Waals surface area contributed by atoms with Crippen LogP contribution in [0.2, 0.25) is 5.28 Å². The number of aliphatic hydroxyl groups excluding tert-OH is 2. The van der Waals surface area contributed by atoms with Crippen molar-refractivity contribution in [2.45, 2.75) is 57.1 Å². The van der Waals surface area contributed by atoms with E-state index in [0.29, 0.717) is 6.42 Å². The molecule has 1 aliphatic rings. The molecule has 0 spiro atoms. The second-order valence-electron chi connectivity index (χ2n) is 8.34. The molecule has 15 nitrogen and oxygen atoms in total. The van der Waals surface area contributed by atoms with Crippen LogP contribution < -0.4 is 5.32 Å². The summed E-state index contributed by atoms with van der Waals surface area (Å²) in [6.07, 6.45) is -3.18. The predicted molar refractivity (Wildman–Crippen MR) is 127 cm³/mol. The first kappa shape index (κ1) is 28.9. The Morgan fingerprint density at radius 2 is 1.94 bits per heavy atom. The summed E-state index contributed by atoms with van der Waals surface area (Å²) >= 11 is 6.00. The van der Waals surface area contributed by atoms with E-state index in [1.807, 2.05) is 6.92 Å². The zero-order chi connectivity index (χ0) is 26.7. The van der Waals surface area contributed by atoms with E-state index >= 15 is 0 Å². The van der Waals surface area contributed by atoms with Gasteiger partial charge in [-0.15, -0.1) is 0 Å². The van der Waals surface area contributed by atoms with Crippen LogP contribution in [0, 0.1) is 0 Å². The van der Waals surface area contributed by atoms with Gasteiger partial charge in [0.2, 0.25) is 12.7 Å². The Kier molecular flexibility index (Phi) is 9.47. The maximum Gasteiger partial charge on any atom is 0.412 e. The zero-order valence-electron chi connectivity index (χ0n) is 19.2. The molecule has 3 rings (SSSR count). The molecule has 0 bridgehead atoms. The number of unbranched alkanes of at least 4 members (excludes halogenated alkanes) is 2. The van der Waals surface area contributed by atoms with Crippen molar-refractivity contribution in [2.24, 2.45) is 0 Å². The summed E-state index contributed by atoms with van der Waals surface area (Å²) in [6.45, 7) is 2.23. The lowest BCUT2D eigenvalue weighted by molar-refractivity contribution is -0.0354. The fraction of sp³-hybridized carbons (Fsp3) is 0.667. The highest BCUT2D eigenvalue weighted by atomic mass is 35.5. The fourth-order valence-corrected chi connectivity index (χ4v) is 7.39. The van der Waals surface area contributed by atoms with Crippen molar-refractivity contribution in [3.05, 3.63) is 11.6 Å². The van der Waals surface area contributed by atoms with E-state index in [2.05, 4.69) is 20.3 Å². The van der Waals surface area contributed by atoms with Crippen LogP contribution in [0.3, 0.4) is 0 Å². The number of carbonyl (C=O) groups is 1. The lowest BCUT2D eigenvalue weighted by atomic mass is 10.1. The third-order valence-electron chi connectivity index (χ3n) is 5.38. The van der Waals surface area contributed by atoms with Crippen LogP contribution >= 0.6 is 26.6 Å². The molecular weight excluding hydrogens is 544 g/mol. The lowest BCUT2D eigenvalue weighted by Crippen LogP contribution is -2.32. The topological polar surface area (TPSA) is 226 Å². The lowest BCUT2D eigenvalue weighted by Gasteiger charge is -2.18. The van der Waals surface area contributed by atoms with Crippen LogP contribution in [0.25, 0.3) is 11.2 Å². The number of halogens is 1. The zero-order valence-corrected chi connectivity index (χ0v) is 21.7. The minimum absolute atomic E-state index is 0.0486. The first-order valence-electron chi connectivity index (χ1n) is 11.0. The molecule has 36 heavy (non-hydrogen) atoms. The summed E-state index contributed by atoms with van der Waals surface area (Å²) in [5.41, 5.74) is 0.155. The van der Waals surface area contributed by atoms with E-state index < -0.39 is 57.7 Å². The van der Waals surface area contributed by atoms with Gasteiger partial charge in [0.15, 0.2) is 23.2 Å². The van der Waals surface area contributed by atoms with Gasteiger partial charge in [0.1, 0.15) is 18.1 Å². The van der Waals surface area contributed by atoms with Crippen LogP contribution in [0.1, 0.15) is 38.8 Å². The van der Waals surface area contributed by atoms with Gasteiger partial charge in [-0.3, -0.25) is 19.0 Å². The SMILES string of the molecule is CCCCCOC(=O)Nc1nc(Cl)nc2c1ncn2[C@@H]1O[C@H](CCP(=O)(O)CP(=O)(O)O)C(O)[C@@H]1O. The number of aromatic nitrogens is 4. The van der Waals surface area contributed by atoms with Gasteiger partial charge in [-0.05, 0) is 24.4 Å². The van der Waals surface area contributed by atoms with Gasteiger partial charge in [0.05, 0.1) is 19.0 Å². The maximum absolute atomic E-state index is 12.1. The van der Waals surface area contributed by atoms with Gasteiger partial charge in [0.25, 0.3) is 0 Å². The molecule has 1 saturated heterocycles. The van der Waals surface area contributed by atoms with Crippen LogP contribution in [0.5, 0.6) is 0 Å². The summed E-state index contributed by atoms with van der Waals surface area (Å²) in [6, 6.07) is 0. The molecule has 3 heterocycles. The number of anilines is 1. The summed E-state index contributed by atoms with van der Waals surface area (Å²) in [7, 11) is -8.94. The fourth-order valence-electron chi connectivity index (χ4n) is 3.70. The molecule has 0 aromatic carbocycles.